The Labute approximate surface area is 126 Å². The lowest BCUT2D eigenvalue weighted by molar-refractivity contribution is -0.115. The number of unbranched alkanes of at least 4 members (excludes halogenated alkanes) is 1. The van der Waals surface area contributed by atoms with Crippen LogP contribution in [0.4, 0.5) is 5.69 Å². The molecule has 1 atom stereocenters. The molecule has 0 aliphatic carbocycles. The Balaban J connectivity index is 2.57. The summed E-state index contributed by atoms with van der Waals surface area (Å²) in [5.41, 5.74) is 8.76. The Bertz CT molecular complexity index is 434. The van der Waals surface area contributed by atoms with Crippen LogP contribution >= 0.6 is 11.8 Å². The molecule has 4 heteroatoms. The standard InChI is InChI=1S/C16H26N2OS/c1-4-14-9-7-8-12(2)15(14)18-16(19)13(3)20-11-6-5-10-17/h7-9,13H,4-6,10-11,17H2,1-3H3,(H,18,19). The molecule has 1 amide bonds. The number of hydrogen-bond acceptors (Lipinski definition) is 3. The average Bonchev–Trinajstić information content (AvgIpc) is 2.45. The third-order valence-electron chi connectivity index (χ3n) is 3.32. The molecule has 20 heavy (non-hydrogen) atoms. The SMILES string of the molecule is CCc1cccc(C)c1NC(=O)C(C)SCCCCN. The molecule has 0 aliphatic heterocycles. The highest BCUT2D eigenvalue weighted by Crippen LogP contribution is 2.23. The maximum Gasteiger partial charge on any atom is 0.237 e. The number of nitrogens with one attached hydrogen (secondary N) is 1. The molecule has 1 unspecified atom stereocenters. The molecule has 0 fully saturated rings. The van der Waals surface area contributed by atoms with E-state index in [1.54, 1.807) is 11.8 Å². The van der Waals surface area contributed by atoms with E-state index in [9.17, 15) is 4.79 Å². The minimum atomic E-state index is -0.0305. The Morgan fingerprint density at radius 2 is 2.15 bits per heavy atom. The minimum Gasteiger partial charge on any atom is -0.330 e. The van der Waals surface area contributed by atoms with Crippen molar-refractivity contribution in [2.75, 3.05) is 17.6 Å². The highest BCUT2D eigenvalue weighted by Gasteiger charge is 2.15. The second kappa shape index (κ2) is 9.03. The van der Waals surface area contributed by atoms with Crippen molar-refractivity contribution in [2.24, 2.45) is 5.73 Å². The first-order valence-corrected chi connectivity index (χ1v) is 8.36. The van der Waals surface area contributed by atoms with Gasteiger partial charge in [-0.2, -0.15) is 0 Å². The summed E-state index contributed by atoms with van der Waals surface area (Å²) < 4.78 is 0. The Morgan fingerprint density at radius 1 is 1.40 bits per heavy atom. The Hall–Kier alpha value is -1.000. The first-order valence-electron chi connectivity index (χ1n) is 7.31. The van der Waals surface area contributed by atoms with Gasteiger partial charge in [-0.15, -0.1) is 11.8 Å². The van der Waals surface area contributed by atoms with Gasteiger partial charge in [-0.05, 0) is 56.5 Å². The van der Waals surface area contributed by atoms with Crippen molar-refractivity contribution < 1.29 is 4.79 Å². The largest absolute Gasteiger partial charge is 0.330 e. The van der Waals surface area contributed by atoms with E-state index in [1.807, 2.05) is 26.0 Å². The van der Waals surface area contributed by atoms with Crippen LogP contribution in [-0.2, 0) is 11.2 Å². The van der Waals surface area contributed by atoms with Gasteiger partial charge in [0.05, 0.1) is 5.25 Å². The van der Waals surface area contributed by atoms with Crippen molar-refractivity contribution in [1.29, 1.82) is 0 Å². The molecule has 0 radical (unpaired) electrons. The van der Waals surface area contributed by atoms with Crippen LogP contribution in [0.5, 0.6) is 0 Å². The predicted octanol–water partition coefficient (Wildman–Crippen LogP) is 3.36. The second-order valence-electron chi connectivity index (χ2n) is 4.96. The molecular weight excluding hydrogens is 268 g/mol. The average molecular weight is 294 g/mol. The van der Waals surface area contributed by atoms with E-state index in [0.29, 0.717) is 0 Å². The topological polar surface area (TPSA) is 55.1 Å². The summed E-state index contributed by atoms with van der Waals surface area (Å²) in [5, 5.41) is 3.06. The van der Waals surface area contributed by atoms with E-state index < -0.39 is 0 Å². The zero-order chi connectivity index (χ0) is 15.0. The van der Waals surface area contributed by atoms with Crippen molar-refractivity contribution in [1.82, 2.24) is 0 Å². The number of rotatable bonds is 8. The van der Waals surface area contributed by atoms with Gasteiger partial charge in [-0.3, -0.25) is 4.79 Å². The third kappa shape index (κ3) is 5.17. The van der Waals surface area contributed by atoms with Crippen molar-refractivity contribution in [3.05, 3.63) is 29.3 Å². The van der Waals surface area contributed by atoms with Gasteiger partial charge in [0.15, 0.2) is 0 Å². The van der Waals surface area contributed by atoms with Gasteiger partial charge in [-0.1, -0.05) is 25.1 Å². The lowest BCUT2D eigenvalue weighted by Gasteiger charge is -2.16. The number of nitrogens with two attached hydrogens (primary N) is 1. The van der Waals surface area contributed by atoms with Gasteiger partial charge >= 0.3 is 0 Å². The van der Waals surface area contributed by atoms with Crippen LogP contribution in [0.2, 0.25) is 0 Å². The fourth-order valence-corrected chi connectivity index (χ4v) is 2.94. The second-order valence-corrected chi connectivity index (χ2v) is 6.41. The van der Waals surface area contributed by atoms with E-state index >= 15 is 0 Å². The smallest absolute Gasteiger partial charge is 0.237 e. The Morgan fingerprint density at radius 3 is 2.80 bits per heavy atom. The number of carbonyl (C=O) groups is 1. The fraction of sp³-hybridized carbons (Fsp3) is 0.562. The van der Waals surface area contributed by atoms with E-state index in [2.05, 4.69) is 18.3 Å². The summed E-state index contributed by atoms with van der Waals surface area (Å²) in [4.78, 5) is 12.2. The zero-order valence-corrected chi connectivity index (χ0v) is 13.6. The predicted molar refractivity (Wildman–Crippen MR) is 89.4 cm³/mol. The number of amides is 1. The molecule has 3 N–H and O–H groups in total. The van der Waals surface area contributed by atoms with Gasteiger partial charge in [0.2, 0.25) is 5.91 Å². The van der Waals surface area contributed by atoms with Crippen LogP contribution < -0.4 is 11.1 Å². The van der Waals surface area contributed by atoms with Gasteiger partial charge in [-0.25, -0.2) is 0 Å². The monoisotopic (exact) mass is 294 g/mol. The maximum atomic E-state index is 12.2. The van der Waals surface area contributed by atoms with Crippen molar-refractivity contribution in [3.8, 4) is 0 Å². The molecule has 0 bridgehead atoms. The first-order chi connectivity index (χ1) is 9.60. The number of thioether (sulfide) groups is 1. The number of anilines is 1. The lowest BCUT2D eigenvalue weighted by atomic mass is 10.1. The molecule has 0 saturated heterocycles. The van der Waals surface area contributed by atoms with Crippen molar-refractivity contribution in [2.45, 2.75) is 45.3 Å². The maximum absolute atomic E-state index is 12.2. The molecule has 1 aromatic carbocycles. The summed E-state index contributed by atoms with van der Waals surface area (Å²) in [6, 6.07) is 6.14. The summed E-state index contributed by atoms with van der Waals surface area (Å²) in [6.07, 6.45) is 3.03. The Kier molecular flexibility index (Phi) is 7.70. The van der Waals surface area contributed by atoms with Crippen molar-refractivity contribution in [3.63, 3.8) is 0 Å². The van der Waals surface area contributed by atoms with Crippen LogP contribution in [0, 0.1) is 6.92 Å². The molecule has 0 aromatic heterocycles. The van der Waals surface area contributed by atoms with Gasteiger partial charge in [0.1, 0.15) is 0 Å². The molecule has 0 saturated carbocycles. The molecule has 1 rings (SSSR count). The highest BCUT2D eigenvalue weighted by atomic mass is 32.2. The number of carbonyl (C=O) groups excluding carboxylic acids is 1. The van der Waals surface area contributed by atoms with Crippen LogP contribution in [0.15, 0.2) is 18.2 Å². The van der Waals surface area contributed by atoms with Crippen LogP contribution in [0.1, 0.15) is 37.8 Å². The van der Waals surface area contributed by atoms with Crippen LogP contribution in [0.25, 0.3) is 0 Å². The molecule has 0 aliphatic rings. The zero-order valence-electron chi connectivity index (χ0n) is 12.7. The summed E-state index contributed by atoms with van der Waals surface area (Å²) >= 11 is 1.70. The molecule has 0 heterocycles. The number of benzene rings is 1. The first kappa shape index (κ1) is 17.1. The number of hydrogen-bond donors (Lipinski definition) is 2. The van der Waals surface area contributed by atoms with E-state index in [4.69, 9.17) is 5.73 Å². The minimum absolute atomic E-state index is 0.0305. The van der Waals surface area contributed by atoms with Gasteiger partial charge in [0.25, 0.3) is 0 Å². The van der Waals surface area contributed by atoms with Crippen LogP contribution in [-0.4, -0.2) is 23.5 Å². The highest BCUT2D eigenvalue weighted by molar-refractivity contribution is 8.00. The third-order valence-corrected chi connectivity index (χ3v) is 4.56. The summed E-state index contributed by atoms with van der Waals surface area (Å²) in [6.45, 7) is 6.83. The quantitative estimate of drug-likeness (QED) is 0.723. The molecule has 0 spiro atoms. The van der Waals surface area contributed by atoms with Crippen molar-refractivity contribution >= 4 is 23.4 Å². The fourth-order valence-electron chi connectivity index (χ4n) is 2.01. The summed E-state index contributed by atoms with van der Waals surface area (Å²) in [5.74, 6) is 1.08. The molecule has 1 aromatic rings. The molecule has 3 nitrogen and oxygen atoms in total. The van der Waals surface area contributed by atoms with Gasteiger partial charge < -0.3 is 11.1 Å². The lowest BCUT2D eigenvalue weighted by Crippen LogP contribution is -2.24. The van der Waals surface area contributed by atoms with E-state index in [0.717, 1.165) is 42.8 Å². The molecular formula is C16H26N2OS. The van der Waals surface area contributed by atoms with E-state index in [-0.39, 0.29) is 11.2 Å². The van der Waals surface area contributed by atoms with Crippen LogP contribution in [0.3, 0.4) is 0 Å². The normalized spacial score (nSPS) is 12.2. The summed E-state index contributed by atoms with van der Waals surface area (Å²) in [7, 11) is 0. The number of para-hydroxylation sites is 1. The van der Waals surface area contributed by atoms with E-state index in [1.165, 1.54) is 5.56 Å². The van der Waals surface area contributed by atoms with Gasteiger partial charge in [0, 0.05) is 5.69 Å². The number of aryl methyl sites for hydroxylation is 2. The molecule has 112 valence electrons.